The monoisotopic (exact) mass is 381 g/mol. The van der Waals surface area contributed by atoms with Gasteiger partial charge in [0.2, 0.25) is 0 Å². The van der Waals surface area contributed by atoms with Crippen molar-refractivity contribution in [3.05, 3.63) is 48.5 Å². The van der Waals surface area contributed by atoms with Gasteiger partial charge in [0.1, 0.15) is 5.75 Å². The molecule has 0 amide bonds. The zero-order valence-corrected chi connectivity index (χ0v) is 16.4. The third kappa shape index (κ3) is 4.86. The van der Waals surface area contributed by atoms with Crippen LogP contribution in [0, 0.1) is 11.5 Å². The highest BCUT2D eigenvalue weighted by atomic mass is 32.2. The van der Waals surface area contributed by atoms with Crippen molar-refractivity contribution in [2.75, 3.05) is 49.3 Å². The Hall–Kier alpha value is -2.85. The Morgan fingerprint density at radius 2 is 1.52 bits per heavy atom. The number of nitrogens with one attached hydrogen (secondary N) is 1. The third-order valence-corrected chi connectivity index (χ3v) is 5.10. The minimum absolute atomic E-state index is 0.596. The SMILES string of the molecule is COc1ccc(N2CCN(c3ccc(N=C(NC#N)SC)cc3)CC2)cc1. The molecule has 1 saturated heterocycles. The van der Waals surface area contributed by atoms with Crippen LogP contribution in [0.5, 0.6) is 5.75 Å². The smallest absolute Gasteiger partial charge is 0.183 e. The van der Waals surface area contributed by atoms with Gasteiger partial charge in [0.15, 0.2) is 11.4 Å². The van der Waals surface area contributed by atoms with E-state index in [4.69, 9.17) is 10.00 Å². The van der Waals surface area contributed by atoms with Gasteiger partial charge in [-0.1, -0.05) is 11.8 Å². The Morgan fingerprint density at radius 3 is 1.96 bits per heavy atom. The number of hydrogen-bond donors (Lipinski definition) is 1. The summed E-state index contributed by atoms with van der Waals surface area (Å²) in [6, 6.07) is 16.4. The second-order valence-electron chi connectivity index (χ2n) is 6.05. The lowest BCUT2D eigenvalue weighted by Gasteiger charge is -2.37. The third-order valence-electron chi connectivity index (χ3n) is 4.52. The van der Waals surface area contributed by atoms with Crippen LogP contribution in [0.1, 0.15) is 0 Å². The van der Waals surface area contributed by atoms with E-state index in [-0.39, 0.29) is 0 Å². The molecular formula is C20H23N5OS. The number of amidine groups is 1. The summed E-state index contributed by atoms with van der Waals surface area (Å²) in [6.07, 6.45) is 3.79. The Balaban J connectivity index is 1.60. The van der Waals surface area contributed by atoms with Gasteiger partial charge in [0.25, 0.3) is 0 Å². The summed E-state index contributed by atoms with van der Waals surface area (Å²) in [4.78, 5) is 9.21. The lowest BCUT2D eigenvalue weighted by Crippen LogP contribution is -2.46. The fourth-order valence-corrected chi connectivity index (χ4v) is 3.39. The summed E-state index contributed by atoms with van der Waals surface area (Å²) in [6.45, 7) is 3.91. The molecule has 1 aliphatic rings. The van der Waals surface area contributed by atoms with E-state index in [2.05, 4.69) is 44.4 Å². The van der Waals surface area contributed by atoms with Gasteiger partial charge >= 0.3 is 0 Å². The fraction of sp³-hybridized carbons (Fsp3) is 0.300. The summed E-state index contributed by atoms with van der Waals surface area (Å²) in [5.74, 6) is 0.884. The van der Waals surface area contributed by atoms with Crippen molar-refractivity contribution < 1.29 is 4.74 Å². The molecule has 3 rings (SSSR count). The first-order valence-electron chi connectivity index (χ1n) is 8.75. The van der Waals surface area contributed by atoms with Crippen LogP contribution in [0.2, 0.25) is 0 Å². The zero-order chi connectivity index (χ0) is 19.1. The topological polar surface area (TPSA) is 63.9 Å². The standard InChI is InChI=1S/C20H23N5OS/c1-26-19-9-7-18(8-10-19)25-13-11-24(12-14-25)17-5-3-16(4-6-17)23-20(27-2)22-15-21/h3-10H,11-14H2,1-2H3,(H,22,23). The number of benzene rings is 2. The Morgan fingerprint density at radius 1 is 1.00 bits per heavy atom. The van der Waals surface area contributed by atoms with Gasteiger partial charge in [0.05, 0.1) is 12.8 Å². The van der Waals surface area contributed by atoms with Crippen LogP contribution in [0.25, 0.3) is 0 Å². The predicted octanol–water partition coefficient (Wildman–Crippen LogP) is 3.44. The van der Waals surface area contributed by atoms with Gasteiger partial charge in [0, 0.05) is 37.6 Å². The number of rotatable bonds is 4. The van der Waals surface area contributed by atoms with Gasteiger partial charge in [-0.25, -0.2) is 4.99 Å². The second-order valence-corrected chi connectivity index (χ2v) is 6.84. The first-order valence-corrected chi connectivity index (χ1v) is 9.98. The quantitative estimate of drug-likeness (QED) is 0.379. The first kappa shape index (κ1) is 18.9. The molecule has 27 heavy (non-hydrogen) atoms. The molecule has 0 unspecified atom stereocenters. The van der Waals surface area contributed by atoms with E-state index in [9.17, 15) is 0 Å². The van der Waals surface area contributed by atoms with Crippen molar-refractivity contribution in [3.8, 4) is 11.9 Å². The molecule has 1 fully saturated rings. The summed E-state index contributed by atoms with van der Waals surface area (Å²) < 4.78 is 5.23. The van der Waals surface area contributed by atoms with Gasteiger partial charge < -0.3 is 14.5 Å². The summed E-state index contributed by atoms with van der Waals surface area (Å²) in [7, 11) is 1.69. The van der Waals surface area contributed by atoms with Crippen LogP contribution in [0.4, 0.5) is 17.1 Å². The maximum absolute atomic E-state index is 8.72. The summed E-state index contributed by atoms with van der Waals surface area (Å²) in [5.41, 5.74) is 3.26. The zero-order valence-electron chi connectivity index (χ0n) is 15.6. The van der Waals surface area contributed by atoms with Gasteiger partial charge in [-0.2, -0.15) is 5.26 Å². The number of nitriles is 1. The normalized spacial score (nSPS) is 14.6. The van der Waals surface area contributed by atoms with Crippen LogP contribution in [-0.4, -0.2) is 44.7 Å². The number of anilines is 2. The fourth-order valence-electron chi connectivity index (χ4n) is 3.04. The molecule has 1 heterocycles. The van der Waals surface area contributed by atoms with Crippen LogP contribution in [0.15, 0.2) is 53.5 Å². The van der Waals surface area contributed by atoms with E-state index in [1.165, 1.54) is 23.1 Å². The number of hydrogen-bond acceptors (Lipinski definition) is 6. The largest absolute Gasteiger partial charge is 0.497 e. The molecule has 2 aromatic carbocycles. The molecule has 1 N–H and O–H groups in total. The highest BCUT2D eigenvalue weighted by Gasteiger charge is 2.17. The molecule has 0 aliphatic carbocycles. The maximum Gasteiger partial charge on any atom is 0.183 e. The van der Waals surface area contributed by atoms with Gasteiger partial charge in [-0.05, 0) is 54.8 Å². The Kier molecular flexibility index (Phi) is 6.44. The van der Waals surface area contributed by atoms with Crippen molar-refractivity contribution in [3.63, 3.8) is 0 Å². The molecule has 0 radical (unpaired) electrons. The molecule has 0 aromatic heterocycles. The molecule has 0 bridgehead atoms. The van der Waals surface area contributed by atoms with Crippen molar-refractivity contribution >= 4 is 34.0 Å². The molecule has 1 aliphatic heterocycles. The highest BCUT2D eigenvalue weighted by molar-refractivity contribution is 8.13. The van der Waals surface area contributed by atoms with Gasteiger partial charge in [-0.15, -0.1) is 0 Å². The van der Waals surface area contributed by atoms with Crippen LogP contribution >= 0.6 is 11.8 Å². The van der Waals surface area contributed by atoms with E-state index in [0.717, 1.165) is 37.6 Å². The Labute approximate surface area is 164 Å². The number of methoxy groups -OCH3 is 1. The highest BCUT2D eigenvalue weighted by Crippen LogP contribution is 2.24. The minimum Gasteiger partial charge on any atom is -0.497 e. The number of nitrogens with zero attached hydrogens (tertiary/aromatic N) is 4. The molecule has 6 nitrogen and oxygen atoms in total. The van der Waals surface area contributed by atoms with E-state index < -0.39 is 0 Å². The second kappa shape index (κ2) is 9.19. The average Bonchev–Trinajstić information content (AvgIpc) is 2.74. The number of aliphatic imine (C=N–C) groups is 1. The van der Waals surface area contributed by atoms with Crippen LogP contribution in [0.3, 0.4) is 0 Å². The molecular weight excluding hydrogens is 358 g/mol. The van der Waals surface area contributed by atoms with E-state index in [1.54, 1.807) is 7.11 Å². The predicted molar refractivity (Wildman–Crippen MR) is 113 cm³/mol. The van der Waals surface area contributed by atoms with E-state index >= 15 is 0 Å². The first-order chi connectivity index (χ1) is 13.2. The van der Waals surface area contributed by atoms with Gasteiger partial charge in [-0.3, -0.25) is 5.32 Å². The molecule has 2 aromatic rings. The number of piperazine rings is 1. The van der Waals surface area contributed by atoms with Crippen LogP contribution < -0.4 is 19.9 Å². The summed E-state index contributed by atoms with van der Waals surface area (Å²) >= 11 is 1.41. The van der Waals surface area contributed by atoms with Crippen molar-refractivity contribution in [2.45, 2.75) is 0 Å². The molecule has 0 atom stereocenters. The molecule has 7 heteroatoms. The molecule has 0 saturated carbocycles. The van der Waals surface area contributed by atoms with Crippen molar-refractivity contribution in [1.82, 2.24) is 5.32 Å². The number of thioether (sulfide) groups is 1. The molecule has 140 valence electrons. The van der Waals surface area contributed by atoms with E-state index in [0.29, 0.717) is 5.17 Å². The van der Waals surface area contributed by atoms with Crippen molar-refractivity contribution in [1.29, 1.82) is 5.26 Å². The molecule has 0 spiro atoms. The van der Waals surface area contributed by atoms with Crippen LogP contribution in [-0.2, 0) is 0 Å². The number of ether oxygens (including phenoxy) is 1. The lowest BCUT2D eigenvalue weighted by molar-refractivity contribution is 0.415. The lowest BCUT2D eigenvalue weighted by atomic mass is 10.2. The average molecular weight is 382 g/mol. The van der Waals surface area contributed by atoms with Crippen molar-refractivity contribution in [2.24, 2.45) is 4.99 Å². The minimum atomic E-state index is 0.596. The summed E-state index contributed by atoms with van der Waals surface area (Å²) in [5, 5.41) is 11.9. The Bertz CT molecular complexity index is 806. The van der Waals surface area contributed by atoms with E-state index in [1.807, 2.05) is 36.7 Å². The maximum atomic E-state index is 8.72.